The lowest BCUT2D eigenvalue weighted by atomic mass is 9.99. The van der Waals surface area contributed by atoms with Crippen LogP contribution in [-0.2, 0) is 22.5 Å². The molecular formula is C11H14N2O3S. The predicted molar refractivity (Wildman–Crippen MR) is 63.6 cm³/mol. The number of rotatable bonds is 4. The van der Waals surface area contributed by atoms with Crippen molar-refractivity contribution >= 4 is 23.2 Å². The number of hydrogen-bond donors (Lipinski definition) is 2. The van der Waals surface area contributed by atoms with E-state index in [2.05, 4.69) is 10.3 Å². The number of aryl methyl sites for hydroxylation is 2. The van der Waals surface area contributed by atoms with E-state index in [1.165, 1.54) is 34.6 Å². The van der Waals surface area contributed by atoms with E-state index >= 15 is 0 Å². The number of nitrogens with one attached hydrogen (secondary N) is 1. The molecule has 0 aromatic carbocycles. The minimum atomic E-state index is -0.615. The van der Waals surface area contributed by atoms with Crippen LogP contribution in [0.4, 0.5) is 0 Å². The molecule has 2 rings (SSSR count). The minimum Gasteiger partial charge on any atom is -0.368 e. The van der Waals surface area contributed by atoms with Crippen molar-refractivity contribution in [2.75, 3.05) is 6.61 Å². The molecule has 0 spiro atoms. The lowest BCUT2D eigenvalue weighted by Gasteiger charge is -2.08. The Bertz CT molecular complexity index is 418. The maximum absolute atomic E-state index is 11.7. The van der Waals surface area contributed by atoms with E-state index in [-0.39, 0.29) is 12.5 Å². The van der Waals surface area contributed by atoms with Gasteiger partial charge in [-0.2, -0.15) is 0 Å². The monoisotopic (exact) mass is 254 g/mol. The second-order valence-corrected chi connectivity index (χ2v) is 5.09. The second kappa shape index (κ2) is 5.29. The van der Waals surface area contributed by atoms with Crippen molar-refractivity contribution in [3.05, 3.63) is 21.4 Å². The molecule has 0 aliphatic heterocycles. The van der Waals surface area contributed by atoms with Gasteiger partial charge in [0.15, 0.2) is 6.61 Å². The van der Waals surface area contributed by atoms with Gasteiger partial charge < -0.3 is 5.73 Å². The standard InChI is InChI=1S/C11H14N2O3S/c12-10(14)6-16-13-11(15)9-5-7-3-1-2-4-8(7)17-9/h5H,1-4,6H2,(H2,12,14)(H,13,15). The molecule has 0 unspecified atom stereocenters. The zero-order valence-electron chi connectivity index (χ0n) is 9.32. The molecule has 3 N–H and O–H groups in total. The molecule has 1 aliphatic carbocycles. The molecule has 6 heteroatoms. The van der Waals surface area contributed by atoms with Crippen LogP contribution < -0.4 is 11.2 Å². The molecule has 1 aromatic rings. The summed E-state index contributed by atoms with van der Waals surface area (Å²) in [5, 5.41) is 0. The summed E-state index contributed by atoms with van der Waals surface area (Å²) in [6, 6.07) is 1.90. The minimum absolute atomic E-state index is 0.309. The number of nitrogens with two attached hydrogens (primary N) is 1. The normalized spacial score (nSPS) is 14.1. The first-order chi connectivity index (χ1) is 8.16. The highest BCUT2D eigenvalue weighted by Crippen LogP contribution is 2.29. The highest BCUT2D eigenvalue weighted by Gasteiger charge is 2.17. The summed E-state index contributed by atoms with van der Waals surface area (Å²) in [5.74, 6) is -0.929. The van der Waals surface area contributed by atoms with E-state index in [4.69, 9.17) is 5.73 Å². The summed E-state index contributed by atoms with van der Waals surface area (Å²) in [6.45, 7) is -0.309. The number of hydrogen-bond acceptors (Lipinski definition) is 4. The fraction of sp³-hybridized carbons (Fsp3) is 0.455. The second-order valence-electron chi connectivity index (χ2n) is 3.95. The van der Waals surface area contributed by atoms with Gasteiger partial charge in [-0.25, -0.2) is 5.48 Å². The average molecular weight is 254 g/mol. The predicted octanol–water partition coefficient (Wildman–Crippen LogP) is 0.774. The van der Waals surface area contributed by atoms with Crippen molar-refractivity contribution in [2.24, 2.45) is 5.73 Å². The summed E-state index contributed by atoms with van der Waals surface area (Å²) < 4.78 is 0. The molecule has 2 amide bonds. The van der Waals surface area contributed by atoms with Crippen molar-refractivity contribution in [3.8, 4) is 0 Å². The van der Waals surface area contributed by atoms with Crippen molar-refractivity contribution < 1.29 is 14.4 Å². The number of fused-ring (bicyclic) bond motifs is 1. The van der Waals surface area contributed by atoms with Crippen LogP contribution >= 0.6 is 11.3 Å². The first-order valence-corrected chi connectivity index (χ1v) is 6.30. The molecule has 1 aromatic heterocycles. The van der Waals surface area contributed by atoms with Crippen molar-refractivity contribution in [1.82, 2.24) is 5.48 Å². The fourth-order valence-corrected chi connectivity index (χ4v) is 2.97. The van der Waals surface area contributed by atoms with Crippen LogP contribution in [0.3, 0.4) is 0 Å². The first-order valence-electron chi connectivity index (χ1n) is 5.49. The van der Waals surface area contributed by atoms with E-state index in [0.717, 1.165) is 12.8 Å². The molecule has 17 heavy (non-hydrogen) atoms. The summed E-state index contributed by atoms with van der Waals surface area (Å²) in [4.78, 5) is 28.7. The van der Waals surface area contributed by atoms with Crippen molar-refractivity contribution in [1.29, 1.82) is 0 Å². The summed E-state index contributed by atoms with van der Waals surface area (Å²) >= 11 is 1.49. The molecule has 0 atom stereocenters. The van der Waals surface area contributed by atoms with Gasteiger partial charge in [-0.05, 0) is 37.3 Å². The van der Waals surface area contributed by atoms with Crippen molar-refractivity contribution in [3.63, 3.8) is 0 Å². The van der Waals surface area contributed by atoms with Gasteiger partial charge in [-0.3, -0.25) is 14.4 Å². The van der Waals surface area contributed by atoms with Gasteiger partial charge in [0, 0.05) is 4.88 Å². The molecule has 0 bridgehead atoms. The zero-order valence-corrected chi connectivity index (χ0v) is 10.1. The Labute approximate surface area is 103 Å². The van der Waals surface area contributed by atoms with Crippen LogP contribution in [0.5, 0.6) is 0 Å². The summed E-state index contributed by atoms with van der Waals surface area (Å²) in [7, 11) is 0. The Morgan fingerprint density at radius 2 is 2.18 bits per heavy atom. The van der Waals surface area contributed by atoms with E-state index < -0.39 is 5.91 Å². The molecule has 1 aliphatic rings. The van der Waals surface area contributed by atoms with Crippen LogP contribution in [0.25, 0.3) is 0 Å². The Morgan fingerprint density at radius 1 is 1.41 bits per heavy atom. The van der Waals surface area contributed by atoms with Crippen LogP contribution in [0.2, 0.25) is 0 Å². The van der Waals surface area contributed by atoms with E-state index in [1.54, 1.807) is 0 Å². The molecule has 0 radical (unpaired) electrons. The number of thiophene rings is 1. The smallest absolute Gasteiger partial charge is 0.284 e. The van der Waals surface area contributed by atoms with Crippen molar-refractivity contribution in [2.45, 2.75) is 25.7 Å². The zero-order chi connectivity index (χ0) is 12.3. The van der Waals surface area contributed by atoms with Gasteiger partial charge in [0.1, 0.15) is 0 Å². The largest absolute Gasteiger partial charge is 0.368 e. The number of amides is 2. The molecule has 0 saturated heterocycles. The molecule has 1 heterocycles. The molecule has 0 fully saturated rings. The lowest BCUT2D eigenvalue weighted by Crippen LogP contribution is -2.28. The molecule has 0 saturated carbocycles. The number of carbonyl (C=O) groups is 2. The van der Waals surface area contributed by atoms with Gasteiger partial charge in [0.25, 0.3) is 5.91 Å². The molecule has 5 nitrogen and oxygen atoms in total. The van der Waals surface area contributed by atoms with Gasteiger partial charge in [0.2, 0.25) is 5.91 Å². The topological polar surface area (TPSA) is 81.4 Å². The van der Waals surface area contributed by atoms with E-state index in [9.17, 15) is 9.59 Å². The third-order valence-electron chi connectivity index (χ3n) is 2.60. The highest BCUT2D eigenvalue weighted by molar-refractivity contribution is 7.14. The Hall–Kier alpha value is -1.40. The number of carbonyl (C=O) groups excluding carboxylic acids is 2. The lowest BCUT2D eigenvalue weighted by molar-refractivity contribution is -0.124. The average Bonchev–Trinajstić information content (AvgIpc) is 2.71. The number of primary amides is 1. The Balaban J connectivity index is 1.95. The molecule has 92 valence electrons. The first kappa shape index (κ1) is 12.1. The van der Waals surface area contributed by atoms with E-state index in [0.29, 0.717) is 4.88 Å². The van der Waals surface area contributed by atoms with E-state index in [1.807, 2.05) is 6.07 Å². The Morgan fingerprint density at radius 3 is 2.88 bits per heavy atom. The van der Waals surface area contributed by atoms with Gasteiger partial charge in [0.05, 0.1) is 4.88 Å². The summed E-state index contributed by atoms with van der Waals surface area (Å²) in [6.07, 6.45) is 4.46. The van der Waals surface area contributed by atoms with Gasteiger partial charge >= 0.3 is 0 Å². The highest BCUT2D eigenvalue weighted by atomic mass is 32.1. The summed E-state index contributed by atoms with van der Waals surface area (Å²) in [5.41, 5.74) is 8.36. The van der Waals surface area contributed by atoms with Gasteiger partial charge in [-0.1, -0.05) is 0 Å². The van der Waals surface area contributed by atoms with Crippen LogP contribution in [0.15, 0.2) is 6.07 Å². The van der Waals surface area contributed by atoms with Crippen LogP contribution in [0.1, 0.15) is 33.0 Å². The molecular weight excluding hydrogens is 240 g/mol. The SMILES string of the molecule is NC(=O)CONC(=O)c1cc2c(s1)CCCC2. The number of hydroxylamine groups is 1. The van der Waals surface area contributed by atoms with Gasteiger partial charge in [-0.15, -0.1) is 11.3 Å². The quantitative estimate of drug-likeness (QED) is 0.779. The van der Waals surface area contributed by atoms with Crippen LogP contribution in [0, 0.1) is 0 Å². The maximum Gasteiger partial charge on any atom is 0.284 e. The van der Waals surface area contributed by atoms with Crippen LogP contribution in [-0.4, -0.2) is 18.4 Å². The fourth-order valence-electron chi connectivity index (χ4n) is 1.83. The third kappa shape index (κ3) is 3.04. The third-order valence-corrected chi connectivity index (χ3v) is 3.84. The maximum atomic E-state index is 11.7. The Kier molecular flexibility index (Phi) is 3.75.